The van der Waals surface area contributed by atoms with Crippen LogP contribution in [0.15, 0.2) is 18.2 Å². The predicted molar refractivity (Wildman–Crippen MR) is 102 cm³/mol. The van der Waals surface area contributed by atoms with Crippen molar-refractivity contribution < 1.29 is 14.7 Å². The van der Waals surface area contributed by atoms with Gasteiger partial charge < -0.3 is 14.9 Å². The van der Waals surface area contributed by atoms with E-state index in [0.717, 1.165) is 25.7 Å². The lowest BCUT2D eigenvalue weighted by atomic mass is 10.0. The van der Waals surface area contributed by atoms with Gasteiger partial charge in [0.25, 0.3) is 5.91 Å². The third-order valence-corrected chi connectivity index (χ3v) is 6.03. The van der Waals surface area contributed by atoms with Crippen LogP contribution in [-0.4, -0.2) is 59.0 Å². The van der Waals surface area contributed by atoms with Crippen molar-refractivity contribution in [3.05, 3.63) is 33.8 Å². The van der Waals surface area contributed by atoms with Gasteiger partial charge in [-0.25, -0.2) is 0 Å². The lowest BCUT2D eigenvalue weighted by Crippen LogP contribution is -2.48. The first-order chi connectivity index (χ1) is 12.4. The number of amides is 2. The average molecular weight is 399 g/mol. The van der Waals surface area contributed by atoms with E-state index in [0.29, 0.717) is 35.1 Å². The van der Waals surface area contributed by atoms with Crippen LogP contribution >= 0.6 is 23.2 Å². The number of carbonyl (C=O) groups excluding carboxylic acids is 2. The van der Waals surface area contributed by atoms with E-state index in [2.05, 4.69) is 0 Å². The summed E-state index contributed by atoms with van der Waals surface area (Å²) in [5.74, 6) is -0.215. The van der Waals surface area contributed by atoms with E-state index in [4.69, 9.17) is 23.2 Å². The van der Waals surface area contributed by atoms with Crippen molar-refractivity contribution in [2.75, 3.05) is 20.1 Å². The highest BCUT2D eigenvalue weighted by atomic mass is 35.5. The molecule has 1 N–H and O–H groups in total. The molecular formula is C19H24Cl2N2O3. The minimum Gasteiger partial charge on any atom is -0.393 e. The number of halogens is 2. The predicted octanol–water partition coefficient (Wildman–Crippen LogP) is 3.22. The minimum atomic E-state index is -0.485. The summed E-state index contributed by atoms with van der Waals surface area (Å²) in [6.45, 7) is 1.05. The van der Waals surface area contributed by atoms with E-state index in [1.165, 1.54) is 0 Å². The van der Waals surface area contributed by atoms with Crippen LogP contribution < -0.4 is 0 Å². The molecule has 0 unspecified atom stereocenters. The summed E-state index contributed by atoms with van der Waals surface area (Å²) >= 11 is 12.2. The second-order valence-electron chi connectivity index (χ2n) is 7.26. The van der Waals surface area contributed by atoms with Crippen molar-refractivity contribution in [1.82, 2.24) is 9.80 Å². The van der Waals surface area contributed by atoms with E-state index >= 15 is 0 Å². The Hall–Kier alpha value is -1.30. The molecule has 1 aromatic carbocycles. The third kappa shape index (κ3) is 4.00. The van der Waals surface area contributed by atoms with Gasteiger partial charge in [-0.15, -0.1) is 0 Å². The number of hydrogen-bond donors (Lipinski definition) is 1. The molecule has 2 fully saturated rings. The molecule has 1 aliphatic heterocycles. The Morgan fingerprint density at radius 3 is 2.69 bits per heavy atom. The molecule has 26 heavy (non-hydrogen) atoms. The van der Waals surface area contributed by atoms with Gasteiger partial charge in [-0.05, 0) is 43.9 Å². The fraction of sp³-hybridized carbons (Fsp3) is 0.579. The number of nitrogens with zero attached hydrogens (tertiary/aromatic N) is 2. The summed E-state index contributed by atoms with van der Waals surface area (Å²) in [6, 6.07) is 4.29. The van der Waals surface area contributed by atoms with Gasteiger partial charge >= 0.3 is 0 Å². The van der Waals surface area contributed by atoms with E-state index in [1.807, 2.05) is 0 Å². The maximum atomic E-state index is 12.9. The highest BCUT2D eigenvalue weighted by Gasteiger charge is 2.38. The molecule has 142 valence electrons. The molecular weight excluding hydrogens is 375 g/mol. The lowest BCUT2D eigenvalue weighted by Gasteiger charge is -2.30. The van der Waals surface area contributed by atoms with Gasteiger partial charge in [-0.3, -0.25) is 9.59 Å². The molecule has 0 aromatic heterocycles. The highest BCUT2D eigenvalue weighted by Crippen LogP contribution is 2.29. The Balaban J connectivity index is 1.71. The Morgan fingerprint density at radius 2 is 2.00 bits per heavy atom. The van der Waals surface area contributed by atoms with Gasteiger partial charge in [0.1, 0.15) is 6.04 Å². The number of aliphatic hydroxyl groups excluding tert-OH is 1. The van der Waals surface area contributed by atoms with Gasteiger partial charge in [-0.2, -0.15) is 0 Å². The van der Waals surface area contributed by atoms with Crippen LogP contribution in [0.5, 0.6) is 0 Å². The maximum Gasteiger partial charge on any atom is 0.256 e. The SMILES string of the molecule is CN(C[C@@H]1CCC[C@@H]1O)C(=O)[C@@H]1CCCN1C(=O)c1cc(Cl)ccc1Cl. The zero-order valence-electron chi connectivity index (χ0n) is 14.8. The van der Waals surface area contributed by atoms with Crippen molar-refractivity contribution in [2.24, 2.45) is 5.92 Å². The Morgan fingerprint density at radius 1 is 1.23 bits per heavy atom. The van der Waals surface area contributed by atoms with Gasteiger partial charge in [0.15, 0.2) is 0 Å². The summed E-state index contributed by atoms with van der Waals surface area (Å²) in [6.07, 6.45) is 3.81. The average Bonchev–Trinajstić information content (AvgIpc) is 3.25. The maximum absolute atomic E-state index is 12.9. The molecule has 2 aliphatic rings. The standard InChI is InChI=1S/C19H24Cl2N2O3/c1-22(11-12-4-2-6-17(12)24)19(26)16-5-3-9-23(16)18(25)14-10-13(20)7-8-15(14)21/h7-8,10,12,16-17,24H,2-6,9,11H2,1H3/t12-,16-,17-/m0/s1. The number of aliphatic hydroxyl groups is 1. The van der Waals surface area contributed by atoms with Crippen molar-refractivity contribution in [3.8, 4) is 0 Å². The smallest absolute Gasteiger partial charge is 0.256 e. The largest absolute Gasteiger partial charge is 0.393 e. The summed E-state index contributed by atoms with van der Waals surface area (Å²) in [4.78, 5) is 29.1. The van der Waals surface area contributed by atoms with Crippen molar-refractivity contribution >= 4 is 35.0 Å². The molecule has 3 atom stereocenters. The quantitative estimate of drug-likeness (QED) is 0.846. The van der Waals surface area contributed by atoms with Crippen LogP contribution in [0.3, 0.4) is 0 Å². The number of carbonyl (C=O) groups is 2. The second kappa shape index (κ2) is 8.15. The number of benzene rings is 1. The summed E-state index contributed by atoms with van der Waals surface area (Å²) in [5, 5.41) is 10.8. The number of likely N-dealkylation sites (N-methyl/N-ethyl adjacent to an activating group) is 1. The summed E-state index contributed by atoms with van der Waals surface area (Å²) in [5.41, 5.74) is 0.327. The van der Waals surface area contributed by atoms with Gasteiger partial charge in [0, 0.05) is 31.1 Å². The lowest BCUT2D eigenvalue weighted by molar-refractivity contribution is -0.134. The Labute approximate surface area is 163 Å². The minimum absolute atomic E-state index is 0.0758. The van der Waals surface area contributed by atoms with E-state index in [-0.39, 0.29) is 23.8 Å². The van der Waals surface area contributed by atoms with Crippen LogP contribution in [0.1, 0.15) is 42.5 Å². The summed E-state index contributed by atoms with van der Waals surface area (Å²) in [7, 11) is 1.75. The second-order valence-corrected chi connectivity index (χ2v) is 8.10. The number of hydrogen-bond acceptors (Lipinski definition) is 3. The topological polar surface area (TPSA) is 60.9 Å². The fourth-order valence-electron chi connectivity index (χ4n) is 4.01. The molecule has 2 amide bonds. The Kier molecular flexibility index (Phi) is 6.10. The fourth-order valence-corrected chi connectivity index (χ4v) is 4.38. The van der Waals surface area contributed by atoms with E-state index in [9.17, 15) is 14.7 Å². The number of rotatable bonds is 4. The van der Waals surface area contributed by atoms with Crippen molar-refractivity contribution in [1.29, 1.82) is 0 Å². The molecule has 1 saturated carbocycles. The number of likely N-dealkylation sites (tertiary alicyclic amines) is 1. The van der Waals surface area contributed by atoms with Crippen molar-refractivity contribution in [2.45, 2.75) is 44.2 Å². The zero-order valence-corrected chi connectivity index (χ0v) is 16.3. The molecule has 7 heteroatoms. The highest BCUT2D eigenvalue weighted by molar-refractivity contribution is 6.35. The van der Waals surface area contributed by atoms with Crippen LogP contribution in [-0.2, 0) is 4.79 Å². The normalized spacial score (nSPS) is 25.5. The molecule has 1 aromatic rings. The molecule has 1 saturated heterocycles. The first-order valence-electron chi connectivity index (χ1n) is 9.07. The zero-order chi connectivity index (χ0) is 18.8. The van der Waals surface area contributed by atoms with Crippen LogP contribution in [0.4, 0.5) is 0 Å². The van der Waals surface area contributed by atoms with Crippen LogP contribution in [0, 0.1) is 5.92 Å². The van der Waals surface area contributed by atoms with E-state index in [1.54, 1.807) is 35.0 Å². The van der Waals surface area contributed by atoms with E-state index < -0.39 is 6.04 Å². The summed E-state index contributed by atoms with van der Waals surface area (Å²) < 4.78 is 0. The first-order valence-corrected chi connectivity index (χ1v) is 9.83. The molecule has 0 spiro atoms. The third-order valence-electron chi connectivity index (χ3n) is 5.46. The van der Waals surface area contributed by atoms with Crippen LogP contribution in [0.25, 0.3) is 0 Å². The van der Waals surface area contributed by atoms with Crippen molar-refractivity contribution in [3.63, 3.8) is 0 Å². The Bertz CT molecular complexity index is 697. The molecule has 1 aliphatic carbocycles. The molecule has 5 nitrogen and oxygen atoms in total. The van der Waals surface area contributed by atoms with Gasteiger partial charge in [0.2, 0.25) is 5.91 Å². The molecule has 0 radical (unpaired) electrons. The first kappa shape index (κ1) is 19.5. The van der Waals surface area contributed by atoms with Gasteiger partial charge in [0.05, 0.1) is 16.7 Å². The monoisotopic (exact) mass is 398 g/mol. The van der Waals surface area contributed by atoms with Gasteiger partial charge in [-0.1, -0.05) is 29.6 Å². The molecule has 3 rings (SSSR count). The molecule has 1 heterocycles. The molecule has 0 bridgehead atoms. The van der Waals surface area contributed by atoms with Crippen LogP contribution in [0.2, 0.25) is 10.0 Å².